The Morgan fingerprint density at radius 2 is 1.68 bits per heavy atom. The highest BCUT2D eigenvalue weighted by Gasteiger charge is 2.41. The Balaban J connectivity index is 1.73. The Morgan fingerprint density at radius 3 is 2.32 bits per heavy atom. The van der Waals surface area contributed by atoms with Gasteiger partial charge in [0.2, 0.25) is 5.91 Å². The van der Waals surface area contributed by atoms with Gasteiger partial charge in [0.15, 0.2) is 5.11 Å². The lowest BCUT2D eigenvalue weighted by atomic mass is 10.1. The van der Waals surface area contributed by atoms with Crippen LogP contribution >= 0.6 is 12.2 Å². The number of hydrogen-bond donors (Lipinski definition) is 1. The molecule has 2 aromatic carbocycles. The lowest BCUT2D eigenvalue weighted by Gasteiger charge is -2.23. The molecule has 2 aromatic rings. The van der Waals surface area contributed by atoms with Gasteiger partial charge >= 0.3 is 0 Å². The van der Waals surface area contributed by atoms with Gasteiger partial charge in [0.1, 0.15) is 6.04 Å². The number of likely N-dealkylation sites (N-methyl/N-ethyl adjacent to an activating group) is 1. The number of hydrogen-bond acceptors (Lipinski definition) is 3. The molecule has 1 unspecified atom stereocenters. The van der Waals surface area contributed by atoms with Crippen LogP contribution in [0.2, 0.25) is 0 Å². The van der Waals surface area contributed by atoms with Crippen molar-refractivity contribution in [3.63, 3.8) is 0 Å². The first-order chi connectivity index (χ1) is 12.1. The minimum absolute atomic E-state index is 0.0606. The minimum Gasteiger partial charge on any atom is -0.332 e. The number of nitrogens with one attached hydrogen (secondary N) is 1. The smallest absolute Gasteiger partial charge is 0.251 e. The molecular weight excluding hydrogens is 334 g/mol. The third-order valence-corrected chi connectivity index (χ3v) is 4.66. The second-order valence-electron chi connectivity index (χ2n) is 5.93. The number of benzene rings is 2. The molecule has 0 spiro atoms. The van der Waals surface area contributed by atoms with Crippen molar-refractivity contribution >= 4 is 34.8 Å². The van der Waals surface area contributed by atoms with Crippen molar-refractivity contribution < 1.29 is 9.59 Å². The topological polar surface area (TPSA) is 52.7 Å². The number of rotatable bonds is 5. The molecule has 1 aliphatic heterocycles. The van der Waals surface area contributed by atoms with Crippen LogP contribution in [0.5, 0.6) is 0 Å². The Bertz CT molecular complexity index is 780. The first-order valence-electron chi connectivity index (χ1n) is 8.03. The molecule has 128 valence electrons. The second-order valence-corrected chi connectivity index (χ2v) is 6.29. The number of anilines is 1. The van der Waals surface area contributed by atoms with E-state index in [4.69, 9.17) is 12.2 Å². The predicted octanol–water partition coefficient (Wildman–Crippen LogP) is 2.64. The van der Waals surface area contributed by atoms with Crippen LogP contribution in [0.25, 0.3) is 0 Å². The van der Waals surface area contributed by atoms with E-state index in [1.54, 1.807) is 7.05 Å². The molecule has 0 radical (unpaired) electrons. The summed E-state index contributed by atoms with van der Waals surface area (Å²) in [5, 5.41) is 3.27. The quantitative estimate of drug-likeness (QED) is 0.840. The van der Waals surface area contributed by atoms with Crippen molar-refractivity contribution in [3.05, 3.63) is 66.2 Å². The molecule has 1 heterocycles. The van der Waals surface area contributed by atoms with Gasteiger partial charge in [0.25, 0.3) is 5.91 Å². The highest BCUT2D eigenvalue weighted by Crippen LogP contribution is 2.22. The van der Waals surface area contributed by atoms with Crippen LogP contribution in [0.15, 0.2) is 60.7 Å². The van der Waals surface area contributed by atoms with Gasteiger partial charge in [-0.2, -0.15) is 0 Å². The Hall–Kier alpha value is -2.73. The van der Waals surface area contributed by atoms with Gasteiger partial charge in [-0.25, -0.2) is 0 Å². The lowest BCUT2D eigenvalue weighted by molar-refractivity contribution is -0.130. The molecule has 2 amide bonds. The van der Waals surface area contributed by atoms with Gasteiger partial charge in [-0.1, -0.05) is 48.5 Å². The van der Waals surface area contributed by atoms with Gasteiger partial charge in [-0.3, -0.25) is 14.5 Å². The molecule has 1 atom stereocenters. The first-order valence-corrected chi connectivity index (χ1v) is 8.44. The van der Waals surface area contributed by atoms with Gasteiger partial charge < -0.3 is 10.2 Å². The molecule has 0 bridgehead atoms. The third kappa shape index (κ3) is 3.85. The van der Waals surface area contributed by atoms with Crippen molar-refractivity contribution in [1.82, 2.24) is 9.80 Å². The van der Waals surface area contributed by atoms with Gasteiger partial charge in [0, 0.05) is 19.3 Å². The average molecular weight is 353 g/mol. The van der Waals surface area contributed by atoms with Crippen molar-refractivity contribution in [2.24, 2.45) is 0 Å². The molecule has 1 saturated heterocycles. The number of para-hydroxylation sites is 1. The third-order valence-electron chi connectivity index (χ3n) is 4.16. The Kier molecular flexibility index (Phi) is 5.09. The van der Waals surface area contributed by atoms with Crippen molar-refractivity contribution in [1.29, 1.82) is 0 Å². The van der Waals surface area contributed by atoms with Gasteiger partial charge in [-0.15, -0.1) is 0 Å². The highest BCUT2D eigenvalue weighted by atomic mass is 32.1. The van der Waals surface area contributed by atoms with E-state index in [1.807, 2.05) is 65.6 Å². The van der Waals surface area contributed by atoms with Crippen LogP contribution in [-0.4, -0.2) is 39.8 Å². The number of amides is 2. The van der Waals surface area contributed by atoms with Crippen LogP contribution < -0.4 is 5.32 Å². The van der Waals surface area contributed by atoms with E-state index in [0.717, 1.165) is 5.56 Å². The Morgan fingerprint density at radius 1 is 1.08 bits per heavy atom. The number of carbonyl (C=O) groups excluding carboxylic acids is 2. The van der Waals surface area contributed by atoms with E-state index in [-0.39, 0.29) is 18.2 Å². The fraction of sp³-hybridized carbons (Fsp3) is 0.211. The maximum atomic E-state index is 12.5. The first kappa shape index (κ1) is 17.1. The SMILES string of the molecule is CN1C(=O)C(CC(=O)Nc2ccccc2)N(Cc2ccccc2)C1=S. The molecule has 0 aromatic heterocycles. The summed E-state index contributed by atoms with van der Waals surface area (Å²) >= 11 is 5.40. The van der Waals surface area contributed by atoms with Gasteiger partial charge in [-0.05, 0) is 29.9 Å². The van der Waals surface area contributed by atoms with Crippen LogP contribution in [0.4, 0.5) is 5.69 Å². The monoisotopic (exact) mass is 353 g/mol. The second kappa shape index (κ2) is 7.44. The van der Waals surface area contributed by atoms with Crippen molar-refractivity contribution in [2.45, 2.75) is 19.0 Å². The van der Waals surface area contributed by atoms with E-state index in [9.17, 15) is 9.59 Å². The summed E-state index contributed by atoms with van der Waals surface area (Å²) < 4.78 is 0. The number of carbonyl (C=O) groups is 2. The molecule has 3 rings (SSSR count). The number of thiocarbonyl (C=S) groups is 1. The van der Waals surface area contributed by atoms with Gasteiger partial charge in [0.05, 0.1) is 6.42 Å². The zero-order valence-corrected chi connectivity index (χ0v) is 14.7. The maximum Gasteiger partial charge on any atom is 0.251 e. The van der Waals surface area contributed by atoms with E-state index in [2.05, 4.69) is 5.32 Å². The highest BCUT2D eigenvalue weighted by molar-refractivity contribution is 7.80. The Labute approximate surface area is 152 Å². The normalized spacial score (nSPS) is 17.1. The fourth-order valence-electron chi connectivity index (χ4n) is 2.84. The summed E-state index contributed by atoms with van der Waals surface area (Å²) in [7, 11) is 1.65. The van der Waals surface area contributed by atoms with E-state index in [0.29, 0.717) is 17.3 Å². The number of nitrogens with zero attached hydrogens (tertiary/aromatic N) is 2. The maximum absolute atomic E-state index is 12.5. The molecule has 25 heavy (non-hydrogen) atoms. The molecule has 0 aliphatic carbocycles. The van der Waals surface area contributed by atoms with E-state index < -0.39 is 6.04 Å². The fourth-order valence-corrected chi connectivity index (χ4v) is 3.12. The van der Waals surface area contributed by atoms with E-state index in [1.165, 1.54) is 4.90 Å². The van der Waals surface area contributed by atoms with Crippen LogP contribution in [0.1, 0.15) is 12.0 Å². The molecule has 1 fully saturated rings. The average Bonchev–Trinajstić information content (AvgIpc) is 2.82. The molecular formula is C19H19N3O2S. The largest absolute Gasteiger partial charge is 0.332 e. The molecule has 1 aliphatic rings. The minimum atomic E-state index is -0.582. The summed E-state index contributed by atoms with van der Waals surface area (Å²) in [5.74, 6) is -0.357. The van der Waals surface area contributed by atoms with Crippen molar-refractivity contribution in [3.8, 4) is 0 Å². The van der Waals surface area contributed by atoms with Crippen LogP contribution in [0.3, 0.4) is 0 Å². The summed E-state index contributed by atoms with van der Waals surface area (Å²) in [4.78, 5) is 28.2. The van der Waals surface area contributed by atoms with Crippen LogP contribution in [-0.2, 0) is 16.1 Å². The standard InChI is InChI=1S/C19H19N3O2S/c1-21-18(24)16(12-17(23)20-15-10-6-3-7-11-15)22(19(21)25)13-14-8-4-2-5-9-14/h2-11,16H,12-13H2,1H3,(H,20,23). The van der Waals surface area contributed by atoms with Crippen molar-refractivity contribution in [2.75, 3.05) is 12.4 Å². The molecule has 6 heteroatoms. The molecule has 0 saturated carbocycles. The molecule has 1 N–H and O–H groups in total. The zero-order chi connectivity index (χ0) is 17.8. The summed E-state index contributed by atoms with van der Waals surface area (Å²) in [6.45, 7) is 0.499. The predicted molar refractivity (Wildman–Crippen MR) is 101 cm³/mol. The summed E-state index contributed by atoms with van der Waals surface area (Å²) in [6, 6.07) is 18.4. The lowest BCUT2D eigenvalue weighted by Crippen LogP contribution is -2.37. The van der Waals surface area contributed by atoms with Crippen LogP contribution in [0, 0.1) is 0 Å². The van der Waals surface area contributed by atoms with E-state index >= 15 is 0 Å². The summed E-state index contributed by atoms with van der Waals surface area (Å²) in [5.41, 5.74) is 1.75. The molecule has 5 nitrogen and oxygen atoms in total. The summed E-state index contributed by atoms with van der Waals surface area (Å²) in [6.07, 6.45) is 0.0606. The zero-order valence-electron chi connectivity index (χ0n) is 13.9.